The van der Waals surface area contributed by atoms with Gasteiger partial charge in [-0.3, -0.25) is 0 Å². The molecule has 1 saturated heterocycles. The molecule has 0 bridgehead atoms. The Balaban J connectivity index is 2.04. The van der Waals surface area contributed by atoms with E-state index in [0.29, 0.717) is 13.2 Å². The summed E-state index contributed by atoms with van der Waals surface area (Å²) in [7, 11) is 0. The van der Waals surface area contributed by atoms with Crippen LogP contribution in [0.5, 0.6) is 0 Å². The number of carbonyl (C=O) groups excluding carboxylic acids is 1. The first kappa shape index (κ1) is 9.00. The zero-order chi connectivity index (χ0) is 9.10. The van der Waals surface area contributed by atoms with Crippen molar-refractivity contribution in [1.29, 1.82) is 0 Å². The molecule has 70 valence electrons. The molecule has 4 heteroatoms. The van der Waals surface area contributed by atoms with Crippen LogP contribution in [0.1, 0.15) is 9.23 Å². The molecule has 0 atom stereocenters. The summed E-state index contributed by atoms with van der Waals surface area (Å²) in [6.45, 7) is 2.84. The Kier molecular flexibility index (Phi) is 2.83. The third-order valence-corrected chi connectivity index (χ3v) is 3.83. The summed E-state index contributed by atoms with van der Waals surface area (Å²) in [6, 6.07) is 3.89. The summed E-state index contributed by atoms with van der Waals surface area (Å²) in [5.74, 6) is 0.202. The summed E-state index contributed by atoms with van der Waals surface area (Å²) in [6.07, 6.45) is 0. The Hall–Kier alpha value is -0.571. The first-order chi connectivity index (χ1) is 6.38. The molecule has 0 spiro atoms. The van der Waals surface area contributed by atoms with Crippen LogP contribution in [0.2, 0.25) is 0 Å². The molecule has 1 fully saturated rings. The van der Waals surface area contributed by atoms with Crippen LogP contribution in [-0.2, 0) is 4.74 Å². The second-order valence-corrected chi connectivity index (χ2v) is 4.87. The van der Waals surface area contributed by atoms with E-state index in [-0.39, 0.29) is 20.4 Å². The van der Waals surface area contributed by atoms with E-state index in [1.54, 1.807) is 0 Å². The van der Waals surface area contributed by atoms with Crippen molar-refractivity contribution < 1.29 is 9.53 Å². The SMILES string of the molecule is O=C(c1ccc[se]1)N1CCOCC1. The van der Waals surface area contributed by atoms with Gasteiger partial charge in [-0.1, -0.05) is 0 Å². The maximum absolute atomic E-state index is 11.8. The van der Waals surface area contributed by atoms with Crippen molar-refractivity contribution in [3.63, 3.8) is 0 Å². The third kappa shape index (κ3) is 2.02. The van der Waals surface area contributed by atoms with Crippen LogP contribution >= 0.6 is 0 Å². The minimum absolute atomic E-state index is 0.202. The van der Waals surface area contributed by atoms with Gasteiger partial charge in [0.05, 0.1) is 0 Å². The predicted molar refractivity (Wildman–Crippen MR) is 50.1 cm³/mol. The van der Waals surface area contributed by atoms with Gasteiger partial charge < -0.3 is 0 Å². The standard InChI is InChI=1S/C9H11NO2Se/c11-9(8-2-1-7-13-8)10-3-5-12-6-4-10/h1-2,7H,3-6H2. The molecule has 1 aliphatic heterocycles. The van der Waals surface area contributed by atoms with Gasteiger partial charge in [0.25, 0.3) is 0 Å². The molecule has 1 amide bonds. The number of hydrogen-bond acceptors (Lipinski definition) is 2. The molecule has 0 aromatic carbocycles. The maximum atomic E-state index is 11.8. The minimum atomic E-state index is 0.202. The van der Waals surface area contributed by atoms with Crippen LogP contribution in [0.3, 0.4) is 0 Å². The van der Waals surface area contributed by atoms with E-state index < -0.39 is 0 Å². The van der Waals surface area contributed by atoms with Crippen molar-refractivity contribution in [2.24, 2.45) is 0 Å². The average molecular weight is 244 g/mol. The molecule has 3 nitrogen and oxygen atoms in total. The van der Waals surface area contributed by atoms with Gasteiger partial charge >= 0.3 is 82.7 Å². The van der Waals surface area contributed by atoms with Crippen molar-refractivity contribution >= 4 is 20.4 Å². The Bertz CT molecular complexity index is 278. The van der Waals surface area contributed by atoms with Crippen LogP contribution in [0.25, 0.3) is 0 Å². The monoisotopic (exact) mass is 245 g/mol. The second kappa shape index (κ2) is 4.09. The van der Waals surface area contributed by atoms with Crippen molar-refractivity contribution in [3.8, 4) is 0 Å². The molecule has 0 aliphatic carbocycles. The normalized spacial score (nSPS) is 17.4. The molecule has 0 saturated carbocycles. The molecule has 0 radical (unpaired) electrons. The van der Waals surface area contributed by atoms with E-state index >= 15 is 0 Å². The van der Waals surface area contributed by atoms with Crippen molar-refractivity contribution in [2.45, 2.75) is 0 Å². The van der Waals surface area contributed by atoms with E-state index in [4.69, 9.17) is 4.74 Å². The second-order valence-electron chi connectivity index (χ2n) is 2.88. The molecule has 13 heavy (non-hydrogen) atoms. The zero-order valence-corrected chi connectivity index (χ0v) is 8.95. The van der Waals surface area contributed by atoms with Crippen molar-refractivity contribution in [2.75, 3.05) is 26.3 Å². The molecule has 0 N–H and O–H groups in total. The van der Waals surface area contributed by atoms with Gasteiger partial charge in [-0.2, -0.15) is 0 Å². The Morgan fingerprint density at radius 3 is 2.85 bits per heavy atom. The molecule has 0 unspecified atom stereocenters. The number of hydrogen-bond donors (Lipinski definition) is 0. The van der Waals surface area contributed by atoms with Crippen LogP contribution in [0.4, 0.5) is 0 Å². The van der Waals surface area contributed by atoms with Gasteiger partial charge in [-0.05, 0) is 0 Å². The van der Waals surface area contributed by atoms with E-state index in [0.717, 1.165) is 17.5 Å². The predicted octanol–water partition coefficient (Wildman–Crippen LogP) is 0.216. The van der Waals surface area contributed by atoms with E-state index in [1.807, 2.05) is 17.0 Å². The molecule has 2 heterocycles. The quantitative estimate of drug-likeness (QED) is 0.661. The summed E-state index contributed by atoms with van der Waals surface area (Å²) >= 11 is 0.259. The number of rotatable bonds is 1. The zero-order valence-electron chi connectivity index (χ0n) is 7.23. The number of morpholine rings is 1. The van der Waals surface area contributed by atoms with Crippen LogP contribution in [-0.4, -0.2) is 51.6 Å². The summed E-state index contributed by atoms with van der Waals surface area (Å²) in [5, 5.41) is 0. The molecule has 1 aromatic rings. The topological polar surface area (TPSA) is 29.5 Å². The molecule has 1 aromatic heterocycles. The summed E-state index contributed by atoms with van der Waals surface area (Å²) in [5.41, 5.74) is 0. The summed E-state index contributed by atoms with van der Waals surface area (Å²) in [4.78, 5) is 15.7. The Morgan fingerprint density at radius 2 is 2.23 bits per heavy atom. The van der Waals surface area contributed by atoms with Gasteiger partial charge in [-0.25, -0.2) is 0 Å². The van der Waals surface area contributed by atoms with Crippen LogP contribution < -0.4 is 0 Å². The van der Waals surface area contributed by atoms with Crippen LogP contribution in [0, 0.1) is 0 Å². The molecular formula is C9H11NO2Se. The van der Waals surface area contributed by atoms with E-state index in [2.05, 4.69) is 4.94 Å². The van der Waals surface area contributed by atoms with Gasteiger partial charge in [-0.15, -0.1) is 0 Å². The van der Waals surface area contributed by atoms with Crippen molar-refractivity contribution in [3.05, 3.63) is 21.5 Å². The van der Waals surface area contributed by atoms with E-state index in [9.17, 15) is 4.79 Å². The average Bonchev–Trinajstić information content (AvgIpc) is 2.71. The molecule has 1 aliphatic rings. The van der Waals surface area contributed by atoms with E-state index in [1.165, 1.54) is 0 Å². The first-order valence-corrected chi connectivity index (χ1v) is 6.13. The number of amides is 1. The fourth-order valence-corrected chi connectivity index (χ4v) is 2.77. The molecular weight excluding hydrogens is 233 g/mol. The van der Waals surface area contributed by atoms with Crippen LogP contribution in [0.15, 0.2) is 17.1 Å². The number of nitrogens with zero attached hydrogens (tertiary/aromatic N) is 1. The van der Waals surface area contributed by atoms with Gasteiger partial charge in [0, 0.05) is 0 Å². The Labute approximate surface area is 83.0 Å². The number of ether oxygens (including phenoxy) is 1. The van der Waals surface area contributed by atoms with Gasteiger partial charge in [0.2, 0.25) is 0 Å². The third-order valence-electron chi connectivity index (χ3n) is 2.03. The summed E-state index contributed by atoms with van der Waals surface area (Å²) < 4.78 is 6.16. The fraction of sp³-hybridized carbons (Fsp3) is 0.444. The Morgan fingerprint density at radius 1 is 1.46 bits per heavy atom. The van der Waals surface area contributed by atoms with Gasteiger partial charge in [0.15, 0.2) is 0 Å². The first-order valence-electron chi connectivity index (χ1n) is 4.28. The van der Waals surface area contributed by atoms with Crippen molar-refractivity contribution in [1.82, 2.24) is 4.90 Å². The fourth-order valence-electron chi connectivity index (χ4n) is 1.32. The number of carbonyl (C=O) groups is 1. The van der Waals surface area contributed by atoms with Gasteiger partial charge in [0.1, 0.15) is 0 Å². The molecule has 2 rings (SSSR count).